The quantitative estimate of drug-likeness (QED) is 0.875. The minimum atomic E-state index is 0.601. The molecule has 2 rings (SSSR count). The van der Waals surface area contributed by atoms with Crippen molar-refractivity contribution in [2.75, 3.05) is 38.0 Å². The summed E-state index contributed by atoms with van der Waals surface area (Å²) in [6, 6.07) is 4.51. The molecule has 4 nitrogen and oxygen atoms in total. The summed E-state index contributed by atoms with van der Waals surface area (Å²) in [6.07, 6.45) is 1.09. The maximum Gasteiger partial charge on any atom is 0.126 e. The lowest BCUT2D eigenvalue weighted by Gasteiger charge is -2.39. The van der Waals surface area contributed by atoms with Crippen molar-refractivity contribution in [3.05, 3.63) is 22.8 Å². The molecule has 1 saturated heterocycles. The zero-order chi connectivity index (χ0) is 15.2. The van der Waals surface area contributed by atoms with Gasteiger partial charge in [-0.15, -0.1) is 0 Å². The smallest absolute Gasteiger partial charge is 0.126 e. The van der Waals surface area contributed by atoms with E-state index in [1.54, 1.807) is 0 Å². The Hall–Kier alpha value is -0.840. The zero-order valence-corrected chi connectivity index (χ0v) is 14.2. The van der Waals surface area contributed by atoms with E-state index in [-0.39, 0.29) is 0 Å². The Kier molecular flexibility index (Phi) is 6.27. The highest BCUT2D eigenvalue weighted by atomic mass is 35.5. The van der Waals surface area contributed by atoms with Crippen molar-refractivity contribution in [2.45, 2.75) is 39.8 Å². The number of halogens is 1. The first-order chi connectivity index (χ1) is 10.1. The Morgan fingerprint density at radius 3 is 2.81 bits per heavy atom. The van der Waals surface area contributed by atoms with Crippen LogP contribution in [0.15, 0.2) is 12.1 Å². The molecule has 1 fully saturated rings. The maximum atomic E-state index is 6.31. The van der Waals surface area contributed by atoms with Crippen molar-refractivity contribution in [1.29, 1.82) is 0 Å². The number of hydrogen-bond donors (Lipinski definition) is 1. The van der Waals surface area contributed by atoms with Crippen LogP contribution in [0.5, 0.6) is 0 Å². The maximum absolute atomic E-state index is 6.31. The van der Waals surface area contributed by atoms with Crippen LogP contribution < -0.4 is 5.32 Å². The number of pyridine rings is 1. The molecule has 118 valence electrons. The van der Waals surface area contributed by atoms with Crippen molar-refractivity contribution in [3.8, 4) is 0 Å². The van der Waals surface area contributed by atoms with Crippen molar-refractivity contribution in [1.82, 2.24) is 14.8 Å². The van der Waals surface area contributed by atoms with Crippen LogP contribution in [0.4, 0.5) is 5.82 Å². The molecule has 1 aliphatic heterocycles. The summed E-state index contributed by atoms with van der Waals surface area (Å²) in [7, 11) is 0. The van der Waals surface area contributed by atoms with Crippen LogP contribution in [0.25, 0.3) is 0 Å². The van der Waals surface area contributed by atoms with Gasteiger partial charge in [-0.1, -0.05) is 25.4 Å². The minimum absolute atomic E-state index is 0.601. The number of piperazine rings is 1. The highest BCUT2D eigenvalue weighted by molar-refractivity contribution is 6.31. The monoisotopic (exact) mass is 310 g/mol. The first kappa shape index (κ1) is 16.5. The topological polar surface area (TPSA) is 31.4 Å². The van der Waals surface area contributed by atoms with Crippen LogP contribution in [-0.4, -0.2) is 53.5 Å². The third-order valence-corrected chi connectivity index (χ3v) is 4.45. The number of aromatic nitrogens is 1. The van der Waals surface area contributed by atoms with Gasteiger partial charge in [-0.2, -0.15) is 0 Å². The molecule has 2 heterocycles. The molecular formula is C16H27ClN4. The van der Waals surface area contributed by atoms with Gasteiger partial charge in [-0.05, 0) is 32.0 Å². The molecule has 1 aliphatic rings. The summed E-state index contributed by atoms with van der Waals surface area (Å²) in [5, 5.41) is 4.09. The van der Waals surface area contributed by atoms with E-state index in [1.165, 1.54) is 0 Å². The van der Waals surface area contributed by atoms with Crippen LogP contribution in [0.2, 0.25) is 5.02 Å². The molecule has 0 aliphatic carbocycles. The van der Waals surface area contributed by atoms with Crippen LogP contribution in [0, 0.1) is 0 Å². The highest BCUT2D eigenvalue weighted by Crippen LogP contribution is 2.20. The van der Waals surface area contributed by atoms with Crippen molar-refractivity contribution >= 4 is 17.4 Å². The third-order valence-electron chi connectivity index (χ3n) is 4.10. The molecule has 0 amide bonds. The number of nitrogens with zero attached hydrogens (tertiary/aromatic N) is 3. The van der Waals surface area contributed by atoms with Crippen molar-refractivity contribution < 1.29 is 0 Å². The van der Waals surface area contributed by atoms with E-state index in [0.29, 0.717) is 6.04 Å². The molecule has 1 N–H and O–H groups in total. The first-order valence-electron chi connectivity index (χ1n) is 7.99. The molecule has 5 heteroatoms. The second-order valence-corrected chi connectivity index (χ2v) is 6.17. The Balaban J connectivity index is 1.99. The van der Waals surface area contributed by atoms with Gasteiger partial charge in [0.15, 0.2) is 0 Å². The molecule has 1 aromatic rings. The Morgan fingerprint density at radius 1 is 1.33 bits per heavy atom. The summed E-state index contributed by atoms with van der Waals surface area (Å²) in [6.45, 7) is 12.9. The average Bonchev–Trinajstić information content (AvgIpc) is 2.48. The summed E-state index contributed by atoms with van der Waals surface area (Å²) in [4.78, 5) is 9.64. The van der Waals surface area contributed by atoms with Crippen molar-refractivity contribution in [2.24, 2.45) is 0 Å². The SMILES string of the molecule is CCCNc1ccc(Cl)c(CN2CCN(CC)C(C)C2)n1. The van der Waals surface area contributed by atoms with Gasteiger partial charge in [0.05, 0.1) is 10.7 Å². The lowest BCUT2D eigenvalue weighted by Crippen LogP contribution is -2.51. The second kappa shape index (κ2) is 7.97. The lowest BCUT2D eigenvalue weighted by atomic mass is 10.2. The molecule has 0 aromatic carbocycles. The molecule has 1 unspecified atom stereocenters. The van der Waals surface area contributed by atoms with Gasteiger partial charge in [-0.3, -0.25) is 9.80 Å². The predicted molar refractivity (Wildman–Crippen MR) is 90.0 cm³/mol. The molecular weight excluding hydrogens is 284 g/mol. The van der Waals surface area contributed by atoms with Crippen LogP contribution in [0.1, 0.15) is 32.9 Å². The van der Waals surface area contributed by atoms with Gasteiger partial charge in [0, 0.05) is 38.8 Å². The standard InChI is InChI=1S/C16H27ClN4/c1-4-8-18-16-7-6-14(17)15(19-16)12-20-9-10-21(5-2)13(3)11-20/h6-7,13H,4-5,8-12H2,1-3H3,(H,18,19). The fourth-order valence-corrected chi connectivity index (χ4v) is 3.01. The fraction of sp³-hybridized carbons (Fsp3) is 0.688. The largest absolute Gasteiger partial charge is 0.370 e. The Bertz CT molecular complexity index is 452. The van der Waals surface area contributed by atoms with E-state index in [9.17, 15) is 0 Å². The van der Waals surface area contributed by atoms with E-state index in [1.807, 2.05) is 12.1 Å². The molecule has 0 radical (unpaired) electrons. The molecule has 0 saturated carbocycles. The zero-order valence-electron chi connectivity index (χ0n) is 13.4. The van der Waals surface area contributed by atoms with E-state index in [0.717, 1.165) is 62.2 Å². The van der Waals surface area contributed by atoms with E-state index in [2.05, 4.69) is 40.9 Å². The highest BCUT2D eigenvalue weighted by Gasteiger charge is 2.23. The van der Waals surface area contributed by atoms with E-state index in [4.69, 9.17) is 11.6 Å². The fourth-order valence-electron chi connectivity index (χ4n) is 2.84. The Labute approximate surface area is 133 Å². The molecule has 1 atom stereocenters. The van der Waals surface area contributed by atoms with Gasteiger partial charge in [0.2, 0.25) is 0 Å². The Morgan fingerprint density at radius 2 is 2.14 bits per heavy atom. The summed E-state index contributed by atoms with van der Waals surface area (Å²) in [5.74, 6) is 0.927. The van der Waals surface area contributed by atoms with Gasteiger partial charge < -0.3 is 5.32 Å². The molecule has 0 spiro atoms. The number of anilines is 1. The number of likely N-dealkylation sites (N-methyl/N-ethyl adjacent to an activating group) is 1. The molecule has 21 heavy (non-hydrogen) atoms. The molecule has 0 bridgehead atoms. The minimum Gasteiger partial charge on any atom is -0.370 e. The van der Waals surface area contributed by atoms with Gasteiger partial charge in [0.25, 0.3) is 0 Å². The average molecular weight is 311 g/mol. The first-order valence-corrected chi connectivity index (χ1v) is 8.37. The summed E-state index contributed by atoms with van der Waals surface area (Å²) in [5.41, 5.74) is 0.981. The second-order valence-electron chi connectivity index (χ2n) is 5.76. The van der Waals surface area contributed by atoms with Gasteiger partial charge in [0.1, 0.15) is 5.82 Å². The van der Waals surface area contributed by atoms with E-state index < -0.39 is 0 Å². The van der Waals surface area contributed by atoms with Gasteiger partial charge in [-0.25, -0.2) is 4.98 Å². The number of rotatable bonds is 6. The van der Waals surface area contributed by atoms with Gasteiger partial charge >= 0.3 is 0 Å². The third kappa shape index (κ3) is 4.56. The summed E-state index contributed by atoms with van der Waals surface area (Å²) >= 11 is 6.31. The van der Waals surface area contributed by atoms with Crippen molar-refractivity contribution in [3.63, 3.8) is 0 Å². The van der Waals surface area contributed by atoms with E-state index >= 15 is 0 Å². The number of nitrogens with one attached hydrogen (secondary N) is 1. The number of hydrogen-bond acceptors (Lipinski definition) is 4. The molecule has 1 aromatic heterocycles. The van der Waals surface area contributed by atoms with Crippen LogP contribution in [-0.2, 0) is 6.54 Å². The van der Waals surface area contributed by atoms with Crippen LogP contribution >= 0.6 is 11.6 Å². The predicted octanol–water partition coefficient (Wildman–Crippen LogP) is 3.08. The summed E-state index contributed by atoms with van der Waals surface area (Å²) < 4.78 is 0. The van der Waals surface area contributed by atoms with Crippen LogP contribution in [0.3, 0.4) is 0 Å². The lowest BCUT2D eigenvalue weighted by molar-refractivity contribution is 0.0827. The normalized spacial score (nSPS) is 20.7.